The lowest BCUT2D eigenvalue weighted by atomic mass is 9.99. The number of nitrogens with two attached hydrogens (primary N) is 1. The van der Waals surface area contributed by atoms with E-state index in [1.54, 1.807) is 33.5 Å². The van der Waals surface area contributed by atoms with Crippen molar-refractivity contribution in [2.24, 2.45) is 5.73 Å². The normalized spacial score (nSPS) is 13.9. The Bertz CT molecular complexity index is 395. The molecule has 0 spiro atoms. The van der Waals surface area contributed by atoms with Crippen LogP contribution in [0.15, 0.2) is 12.1 Å². The van der Waals surface area contributed by atoms with Gasteiger partial charge in [0, 0.05) is 11.6 Å². The summed E-state index contributed by atoms with van der Waals surface area (Å²) in [5.74, 6) is 1.70. The number of methoxy groups -OCH3 is 3. The molecule has 2 atom stereocenters. The van der Waals surface area contributed by atoms with Crippen LogP contribution in [0.5, 0.6) is 17.2 Å². The minimum absolute atomic E-state index is 0.523. The first-order chi connectivity index (χ1) is 8.58. The SMILES string of the molecule is CC[C@@H](O)[C@@H](N)c1cc(OC)c(OC)cc1OC. The van der Waals surface area contributed by atoms with Gasteiger partial charge in [0.05, 0.1) is 33.5 Å². The van der Waals surface area contributed by atoms with Crippen molar-refractivity contribution in [2.75, 3.05) is 21.3 Å². The minimum atomic E-state index is -0.628. The predicted molar refractivity (Wildman–Crippen MR) is 69.3 cm³/mol. The standard InChI is InChI=1S/C13H21NO4/c1-5-9(15)13(14)8-6-11(17-3)12(18-4)7-10(8)16-2/h6-7,9,13,15H,5,14H2,1-4H3/t9-,13+/m1/s1. The first-order valence-corrected chi connectivity index (χ1v) is 5.82. The van der Waals surface area contributed by atoms with E-state index in [4.69, 9.17) is 19.9 Å². The Morgan fingerprint density at radius 3 is 2.00 bits per heavy atom. The van der Waals surface area contributed by atoms with Crippen LogP contribution >= 0.6 is 0 Å². The Kier molecular flexibility index (Phi) is 5.25. The van der Waals surface area contributed by atoms with Crippen LogP contribution in [0.3, 0.4) is 0 Å². The van der Waals surface area contributed by atoms with E-state index in [1.807, 2.05) is 6.92 Å². The molecule has 1 aromatic rings. The van der Waals surface area contributed by atoms with Crippen molar-refractivity contribution in [3.63, 3.8) is 0 Å². The lowest BCUT2D eigenvalue weighted by molar-refractivity contribution is 0.139. The summed E-state index contributed by atoms with van der Waals surface area (Å²) in [5.41, 5.74) is 6.71. The Hall–Kier alpha value is -1.46. The van der Waals surface area contributed by atoms with Gasteiger partial charge >= 0.3 is 0 Å². The molecule has 0 aromatic heterocycles. The molecule has 0 radical (unpaired) electrons. The summed E-state index contributed by atoms with van der Waals surface area (Å²) >= 11 is 0. The van der Waals surface area contributed by atoms with Crippen LogP contribution in [-0.4, -0.2) is 32.5 Å². The number of aliphatic hydroxyl groups is 1. The molecule has 0 amide bonds. The molecule has 1 aromatic carbocycles. The molecule has 0 aliphatic heterocycles. The van der Waals surface area contributed by atoms with Gasteiger partial charge < -0.3 is 25.1 Å². The van der Waals surface area contributed by atoms with Gasteiger partial charge in [0.15, 0.2) is 11.5 Å². The lowest BCUT2D eigenvalue weighted by Crippen LogP contribution is -2.26. The Morgan fingerprint density at radius 2 is 1.56 bits per heavy atom. The van der Waals surface area contributed by atoms with E-state index in [1.165, 1.54) is 0 Å². The van der Waals surface area contributed by atoms with Gasteiger partial charge in [0.1, 0.15) is 5.75 Å². The first kappa shape index (κ1) is 14.6. The van der Waals surface area contributed by atoms with Gasteiger partial charge in [-0.15, -0.1) is 0 Å². The van der Waals surface area contributed by atoms with Crippen molar-refractivity contribution in [3.8, 4) is 17.2 Å². The number of rotatable bonds is 6. The molecule has 5 heteroatoms. The molecule has 0 bridgehead atoms. The molecular weight excluding hydrogens is 234 g/mol. The van der Waals surface area contributed by atoms with Crippen molar-refractivity contribution in [1.82, 2.24) is 0 Å². The molecular formula is C13H21NO4. The second-order valence-electron chi connectivity index (χ2n) is 3.95. The zero-order valence-corrected chi connectivity index (χ0v) is 11.3. The Balaban J connectivity index is 3.24. The third-order valence-electron chi connectivity index (χ3n) is 2.93. The maximum absolute atomic E-state index is 9.84. The molecule has 0 unspecified atom stereocenters. The summed E-state index contributed by atoms with van der Waals surface area (Å²) in [5, 5.41) is 9.84. The van der Waals surface area contributed by atoms with Gasteiger partial charge in [0.25, 0.3) is 0 Å². The zero-order chi connectivity index (χ0) is 13.7. The van der Waals surface area contributed by atoms with Gasteiger partial charge in [-0.2, -0.15) is 0 Å². The summed E-state index contributed by atoms with van der Waals surface area (Å²) in [6.45, 7) is 1.87. The van der Waals surface area contributed by atoms with Crippen LogP contribution in [0.4, 0.5) is 0 Å². The highest BCUT2D eigenvalue weighted by molar-refractivity contribution is 5.52. The molecule has 0 aliphatic rings. The summed E-state index contributed by atoms with van der Waals surface area (Å²) in [4.78, 5) is 0. The predicted octanol–water partition coefficient (Wildman–Crippen LogP) is 1.48. The van der Waals surface area contributed by atoms with Crippen LogP contribution in [0.2, 0.25) is 0 Å². The fraction of sp³-hybridized carbons (Fsp3) is 0.538. The fourth-order valence-electron chi connectivity index (χ4n) is 1.77. The van der Waals surface area contributed by atoms with E-state index in [-0.39, 0.29) is 0 Å². The molecule has 18 heavy (non-hydrogen) atoms. The summed E-state index contributed by atoms with van der Waals surface area (Å²) in [7, 11) is 4.66. The molecule has 1 rings (SSSR count). The van der Waals surface area contributed by atoms with Crippen molar-refractivity contribution in [1.29, 1.82) is 0 Å². The smallest absolute Gasteiger partial charge is 0.164 e. The van der Waals surface area contributed by atoms with Crippen LogP contribution in [-0.2, 0) is 0 Å². The largest absolute Gasteiger partial charge is 0.496 e. The number of hydrogen-bond donors (Lipinski definition) is 2. The topological polar surface area (TPSA) is 73.9 Å². The van der Waals surface area contributed by atoms with Gasteiger partial charge in [0.2, 0.25) is 0 Å². The number of ether oxygens (including phenoxy) is 3. The maximum Gasteiger partial charge on any atom is 0.164 e. The molecule has 0 saturated carbocycles. The average molecular weight is 255 g/mol. The molecule has 0 saturated heterocycles. The molecule has 102 valence electrons. The summed E-state index contributed by atoms with van der Waals surface area (Å²) in [6, 6.07) is 2.92. The van der Waals surface area contributed by atoms with Crippen molar-refractivity contribution >= 4 is 0 Å². The van der Waals surface area contributed by atoms with Crippen LogP contribution < -0.4 is 19.9 Å². The second-order valence-corrected chi connectivity index (χ2v) is 3.95. The van der Waals surface area contributed by atoms with Gasteiger partial charge in [-0.25, -0.2) is 0 Å². The summed E-state index contributed by atoms with van der Waals surface area (Å²) < 4.78 is 15.7. The fourth-order valence-corrected chi connectivity index (χ4v) is 1.77. The highest BCUT2D eigenvalue weighted by Gasteiger charge is 2.21. The van der Waals surface area contributed by atoms with Crippen molar-refractivity contribution < 1.29 is 19.3 Å². The van der Waals surface area contributed by atoms with E-state index < -0.39 is 12.1 Å². The molecule has 0 aliphatic carbocycles. The van der Waals surface area contributed by atoms with Crippen molar-refractivity contribution in [2.45, 2.75) is 25.5 Å². The quantitative estimate of drug-likeness (QED) is 0.805. The zero-order valence-electron chi connectivity index (χ0n) is 11.3. The molecule has 3 N–H and O–H groups in total. The van der Waals surface area contributed by atoms with Crippen LogP contribution in [0, 0.1) is 0 Å². The van der Waals surface area contributed by atoms with E-state index in [9.17, 15) is 5.11 Å². The van der Waals surface area contributed by atoms with Gasteiger partial charge in [-0.3, -0.25) is 0 Å². The van der Waals surface area contributed by atoms with Gasteiger partial charge in [-0.1, -0.05) is 6.92 Å². The molecule has 0 fully saturated rings. The van der Waals surface area contributed by atoms with E-state index in [0.29, 0.717) is 29.2 Å². The monoisotopic (exact) mass is 255 g/mol. The van der Waals surface area contributed by atoms with E-state index >= 15 is 0 Å². The average Bonchev–Trinajstić information content (AvgIpc) is 2.43. The third kappa shape index (κ3) is 2.86. The summed E-state index contributed by atoms with van der Waals surface area (Å²) in [6.07, 6.45) is -0.0597. The second kappa shape index (κ2) is 6.47. The van der Waals surface area contributed by atoms with Gasteiger partial charge in [-0.05, 0) is 12.5 Å². The molecule has 0 heterocycles. The van der Waals surface area contributed by atoms with Crippen molar-refractivity contribution in [3.05, 3.63) is 17.7 Å². The number of hydrogen-bond acceptors (Lipinski definition) is 5. The van der Waals surface area contributed by atoms with E-state index in [2.05, 4.69) is 0 Å². The highest BCUT2D eigenvalue weighted by Crippen LogP contribution is 2.37. The maximum atomic E-state index is 9.84. The highest BCUT2D eigenvalue weighted by atomic mass is 16.5. The number of benzene rings is 1. The molecule has 5 nitrogen and oxygen atoms in total. The minimum Gasteiger partial charge on any atom is -0.496 e. The Morgan fingerprint density at radius 1 is 1.06 bits per heavy atom. The third-order valence-corrected chi connectivity index (χ3v) is 2.93. The van der Waals surface area contributed by atoms with E-state index in [0.717, 1.165) is 0 Å². The number of aliphatic hydroxyl groups excluding tert-OH is 1. The van der Waals surface area contributed by atoms with Crippen LogP contribution in [0.1, 0.15) is 24.9 Å². The lowest BCUT2D eigenvalue weighted by Gasteiger charge is -2.21. The first-order valence-electron chi connectivity index (χ1n) is 5.82. The van der Waals surface area contributed by atoms with Crippen LogP contribution in [0.25, 0.3) is 0 Å². The Labute approximate surface area is 107 Å².